The zero-order valence-corrected chi connectivity index (χ0v) is 13.9. The molecule has 0 saturated carbocycles. The van der Waals surface area contributed by atoms with Crippen LogP contribution in [0.3, 0.4) is 0 Å². The zero-order chi connectivity index (χ0) is 14.8. The number of rotatable bonds is 5. The maximum atomic E-state index is 11.4. The summed E-state index contributed by atoms with van der Waals surface area (Å²) in [4.78, 5) is 8.36. The van der Waals surface area contributed by atoms with Crippen molar-refractivity contribution in [3.05, 3.63) is 40.5 Å². The van der Waals surface area contributed by atoms with Gasteiger partial charge in [-0.15, -0.1) is 0 Å². The van der Waals surface area contributed by atoms with Crippen LogP contribution in [0, 0.1) is 0 Å². The van der Waals surface area contributed by atoms with E-state index in [1.165, 1.54) is 6.20 Å². The number of hydrogen-bond acceptors (Lipinski definition) is 4. The van der Waals surface area contributed by atoms with Crippen molar-refractivity contribution in [2.75, 3.05) is 0 Å². The molecule has 0 radical (unpaired) electrons. The molecule has 2 rings (SSSR count). The summed E-state index contributed by atoms with van der Waals surface area (Å²) in [6.07, 6.45) is 4.71. The highest BCUT2D eigenvalue weighted by Gasteiger charge is 2.17. The van der Waals surface area contributed by atoms with E-state index in [1.807, 2.05) is 19.1 Å². The van der Waals surface area contributed by atoms with Crippen molar-refractivity contribution in [3.8, 4) is 0 Å². The van der Waals surface area contributed by atoms with Gasteiger partial charge in [0.25, 0.3) is 9.05 Å². The molecule has 0 aliphatic heterocycles. The Morgan fingerprint density at radius 2 is 2.15 bits per heavy atom. The third kappa shape index (κ3) is 3.80. The number of halogens is 2. The molecule has 0 N–H and O–H groups in total. The van der Waals surface area contributed by atoms with Crippen LogP contribution >= 0.6 is 26.6 Å². The van der Waals surface area contributed by atoms with E-state index in [0.717, 1.165) is 16.6 Å². The lowest BCUT2D eigenvalue weighted by Crippen LogP contribution is -2.05. The monoisotopic (exact) mass is 377 g/mol. The Kier molecular flexibility index (Phi) is 4.82. The lowest BCUT2D eigenvalue weighted by atomic mass is 10.3. The van der Waals surface area contributed by atoms with Crippen LogP contribution in [0.1, 0.15) is 24.9 Å². The second-order valence-electron chi connectivity index (χ2n) is 4.28. The van der Waals surface area contributed by atoms with E-state index in [1.54, 1.807) is 10.8 Å². The summed E-state index contributed by atoms with van der Waals surface area (Å²) in [5, 5.41) is -0.111. The first kappa shape index (κ1) is 15.5. The SMILES string of the molecule is CCCc1nc(S(=O)(=O)Cl)cn1Cc1ccc(Br)cn1. The number of imidazole rings is 1. The van der Waals surface area contributed by atoms with Gasteiger partial charge in [0.15, 0.2) is 5.03 Å². The minimum Gasteiger partial charge on any atom is -0.327 e. The third-order valence-corrected chi connectivity index (χ3v) is 4.32. The van der Waals surface area contributed by atoms with Crippen molar-refractivity contribution in [2.24, 2.45) is 0 Å². The molecule has 0 atom stereocenters. The van der Waals surface area contributed by atoms with Gasteiger partial charge in [-0.05, 0) is 34.5 Å². The van der Waals surface area contributed by atoms with Gasteiger partial charge in [-0.3, -0.25) is 4.98 Å². The van der Waals surface area contributed by atoms with E-state index in [9.17, 15) is 8.42 Å². The third-order valence-electron chi connectivity index (χ3n) is 2.68. The molecule has 2 heterocycles. The largest absolute Gasteiger partial charge is 0.327 e. The molecule has 0 bridgehead atoms. The summed E-state index contributed by atoms with van der Waals surface area (Å²) >= 11 is 3.32. The van der Waals surface area contributed by atoms with Crippen LogP contribution in [0.25, 0.3) is 0 Å². The summed E-state index contributed by atoms with van der Waals surface area (Å²) in [5.41, 5.74) is 0.821. The first-order valence-corrected chi connectivity index (χ1v) is 9.11. The van der Waals surface area contributed by atoms with Gasteiger partial charge in [0.2, 0.25) is 0 Å². The topological polar surface area (TPSA) is 64.8 Å². The maximum Gasteiger partial charge on any atom is 0.280 e. The molecule has 2 aromatic heterocycles. The quantitative estimate of drug-likeness (QED) is 0.750. The van der Waals surface area contributed by atoms with Crippen molar-refractivity contribution in [1.29, 1.82) is 0 Å². The summed E-state index contributed by atoms with van der Waals surface area (Å²) < 4.78 is 25.4. The van der Waals surface area contributed by atoms with Crippen LogP contribution in [0.5, 0.6) is 0 Å². The molecule has 0 aliphatic rings. The van der Waals surface area contributed by atoms with E-state index in [0.29, 0.717) is 18.8 Å². The summed E-state index contributed by atoms with van der Waals surface area (Å²) in [6, 6.07) is 3.76. The Balaban J connectivity index is 2.34. The Bertz CT molecular complexity index is 698. The first-order chi connectivity index (χ1) is 9.40. The van der Waals surface area contributed by atoms with Crippen molar-refractivity contribution >= 4 is 35.7 Å². The Labute approximate surface area is 130 Å². The summed E-state index contributed by atoms with van der Waals surface area (Å²) in [6.45, 7) is 2.47. The standard InChI is InChI=1S/C12H13BrClN3O2S/c1-2-3-11-16-12(20(14,18)19)8-17(11)7-10-5-4-9(13)6-15-10/h4-6,8H,2-3,7H2,1H3. The minimum absolute atomic E-state index is 0.111. The van der Waals surface area contributed by atoms with E-state index >= 15 is 0 Å². The van der Waals surface area contributed by atoms with Crippen molar-refractivity contribution in [2.45, 2.75) is 31.3 Å². The predicted molar refractivity (Wildman–Crippen MR) is 80.3 cm³/mol. The molecule has 0 saturated heterocycles. The zero-order valence-electron chi connectivity index (χ0n) is 10.8. The van der Waals surface area contributed by atoms with Crippen molar-refractivity contribution in [3.63, 3.8) is 0 Å². The van der Waals surface area contributed by atoms with Gasteiger partial charge in [-0.2, -0.15) is 0 Å². The molecule has 0 unspecified atom stereocenters. The first-order valence-electron chi connectivity index (χ1n) is 6.01. The van der Waals surface area contributed by atoms with Gasteiger partial charge in [-0.1, -0.05) is 6.92 Å². The molecule has 0 fully saturated rings. The lowest BCUT2D eigenvalue weighted by Gasteiger charge is -2.06. The van der Waals surface area contributed by atoms with Gasteiger partial charge in [0.1, 0.15) is 5.82 Å². The van der Waals surface area contributed by atoms with Crippen LogP contribution in [-0.4, -0.2) is 23.0 Å². The number of hydrogen-bond donors (Lipinski definition) is 0. The second kappa shape index (κ2) is 6.24. The second-order valence-corrected chi connectivity index (χ2v) is 7.71. The van der Waals surface area contributed by atoms with E-state index in [2.05, 4.69) is 25.9 Å². The van der Waals surface area contributed by atoms with Gasteiger partial charge < -0.3 is 4.57 Å². The minimum atomic E-state index is -3.81. The van der Waals surface area contributed by atoms with E-state index in [4.69, 9.17) is 10.7 Å². The van der Waals surface area contributed by atoms with Crippen LogP contribution in [0.15, 0.2) is 34.0 Å². The smallest absolute Gasteiger partial charge is 0.280 e. The average molecular weight is 379 g/mol. The fourth-order valence-electron chi connectivity index (χ4n) is 1.78. The molecule has 20 heavy (non-hydrogen) atoms. The molecule has 0 spiro atoms. The maximum absolute atomic E-state index is 11.4. The molecule has 0 aromatic carbocycles. The molecule has 108 valence electrons. The highest BCUT2D eigenvalue weighted by molar-refractivity contribution is 9.10. The van der Waals surface area contributed by atoms with Crippen LogP contribution < -0.4 is 0 Å². The highest BCUT2D eigenvalue weighted by Crippen LogP contribution is 2.17. The fourth-order valence-corrected chi connectivity index (χ4v) is 2.71. The Morgan fingerprint density at radius 3 is 2.70 bits per heavy atom. The molecule has 0 aliphatic carbocycles. The van der Waals surface area contributed by atoms with Crippen molar-refractivity contribution < 1.29 is 8.42 Å². The van der Waals surface area contributed by atoms with Crippen LogP contribution in [0.2, 0.25) is 0 Å². The molecule has 2 aromatic rings. The summed E-state index contributed by atoms with van der Waals surface area (Å²) in [5.74, 6) is 0.691. The molecular formula is C12H13BrClN3O2S. The van der Waals surface area contributed by atoms with Gasteiger partial charge in [-0.25, -0.2) is 13.4 Å². The lowest BCUT2D eigenvalue weighted by molar-refractivity contribution is 0.606. The summed E-state index contributed by atoms with van der Waals surface area (Å²) in [7, 11) is 1.53. The number of aromatic nitrogens is 3. The molecule has 5 nitrogen and oxygen atoms in total. The van der Waals surface area contributed by atoms with Gasteiger partial charge in [0.05, 0.1) is 12.2 Å². The Morgan fingerprint density at radius 1 is 1.40 bits per heavy atom. The average Bonchev–Trinajstić information content (AvgIpc) is 2.76. The molecule has 0 amide bonds. The number of pyridine rings is 1. The molecule has 8 heteroatoms. The van der Waals surface area contributed by atoms with Gasteiger partial charge >= 0.3 is 0 Å². The number of nitrogens with zero attached hydrogens (tertiary/aromatic N) is 3. The van der Waals surface area contributed by atoms with E-state index in [-0.39, 0.29) is 5.03 Å². The van der Waals surface area contributed by atoms with Crippen LogP contribution in [-0.2, 0) is 22.0 Å². The van der Waals surface area contributed by atoms with Crippen LogP contribution in [0.4, 0.5) is 0 Å². The predicted octanol–water partition coefficient (Wildman–Crippen LogP) is 2.97. The Hall–Kier alpha value is -0.920. The number of aryl methyl sites for hydroxylation is 1. The van der Waals surface area contributed by atoms with Gasteiger partial charge in [0, 0.05) is 34.0 Å². The fraction of sp³-hybridized carbons (Fsp3) is 0.333. The highest BCUT2D eigenvalue weighted by atomic mass is 79.9. The molecular weight excluding hydrogens is 366 g/mol. The van der Waals surface area contributed by atoms with Crippen molar-refractivity contribution in [1.82, 2.24) is 14.5 Å². The van der Waals surface area contributed by atoms with E-state index < -0.39 is 9.05 Å². The normalized spacial score (nSPS) is 11.8.